The first-order valence-corrected chi connectivity index (χ1v) is 10.1. The van der Waals surface area contributed by atoms with Crippen molar-refractivity contribution in [1.29, 1.82) is 0 Å². The van der Waals surface area contributed by atoms with Gasteiger partial charge in [-0.05, 0) is 23.8 Å². The van der Waals surface area contributed by atoms with Gasteiger partial charge in [0.05, 0.1) is 12.5 Å². The van der Waals surface area contributed by atoms with Crippen LogP contribution in [0.5, 0.6) is 0 Å². The summed E-state index contributed by atoms with van der Waals surface area (Å²) in [6.07, 6.45) is -0.408. The molecule has 1 aliphatic rings. The van der Waals surface area contributed by atoms with E-state index in [0.717, 1.165) is 5.56 Å². The van der Waals surface area contributed by atoms with Crippen molar-refractivity contribution in [1.82, 2.24) is 5.32 Å². The minimum Gasteiger partial charge on any atom is -0.481 e. The number of hydrogen-bond donors (Lipinski definition) is 3. The molecule has 160 valence electrons. The minimum atomic E-state index is -1.12. The molecule has 1 unspecified atom stereocenters. The Morgan fingerprint density at radius 3 is 2.03 bits per heavy atom. The number of anilines is 1. The van der Waals surface area contributed by atoms with Crippen molar-refractivity contribution in [2.45, 2.75) is 19.0 Å². The summed E-state index contributed by atoms with van der Waals surface area (Å²) in [5.41, 5.74) is 2.38. The maximum atomic E-state index is 12.9. The summed E-state index contributed by atoms with van der Waals surface area (Å²) in [6, 6.07) is 19.4. The SMILES string of the molecule is O=C(O)CC(NCc1ccccc1)C(=O)Nc1ccc2c(c1)C(=O)c1ccccc1C2=O. The van der Waals surface area contributed by atoms with Crippen LogP contribution < -0.4 is 10.6 Å². The number of rotatable bonds is 7. The number of benzene rings is 3. The summed E-state index contributed by atoms with van der Waals surface area (Å²) in [5, 5.41) is 14.8. The van der Waals surface area contributed by atoms with Gasteiger partial charge in [-0.3, -0.25) is 19.2 Å². The molecular formula is C25H20N2O5. The van der Waals surface area contributed by atoms with Crippen molar-refractivity contribution in [3.8, 4) is 0 Å². The Kier molecular flexibility index (Phi) is 5.91. The molecular weight excluding hydrogens is 408 g/mol. The largest absolute Gasteiger partial charge is 0.481 e. The second-order valence-electron chi connectivity index (χ2n) is 7.47. The number of amides is 1. The van der Waals surface area contributed by atoms with Crippen molar-refractivity contribution in [3.63, 3.8) is 0 Å². The predicted molar refractivity (Wildman–Crippen MR) is 118 cm³/mol. The fraction of sp³-hybridized carbons (Fsp3) is 0.120. The third kappa shape index (κ3) is 4.33. The molecule has 7 heteroatoms. The Morgan fingerprint density at radius 1 is 0.781 bits per heavy atom. The van der Waals surface area contributed by atoms with Crippen LogP contribution in [0.1, 0.15) is 43.8 Å². The van der Waals surface area contributed by atoms with E-state index in [1.54, 1.807) is 24.3 Å². The molecule has 1 amide bonds. The highest BCUT2D eigenvalue weighted by Crippen LogP contribution is 2.29. The zero-order valence-corrected chi connectivity index (χ0v) is 17.0. The Hall–Kier alpha value is -4.10. The van der Waals surface area contributed by atoms with Crippen LogP contribution in [0.2, 0.25) is 0 Å². The highest BCUT2D eigenvalue weighted by atomic mass is 16.4. The summed E-state index contributed by atoms with van der Waals surface area (Å²) in [7, 11) is 0. The summed E-state index contributed by atoms with van der Waals surface area (Å²) in [4.78, 5) is 49.7. The number of hydrogen-bond acceptors (Lipinski definition) is 5. The minimum absolute atomic E-state index is 0.207. The molecule has 3 N–H and O–H groups in total. The third-order valence-electron chi connectivity index (χ3n) is 5.28. The quantitative estimate of drug-likeness (QED) is 0.417. The average molecular weight is 428 g/mol. The van der Waals surface area contributed by atoms with Crippen LogP contribution in [0.4, 0.5) is 5.69 Å². The van der Waals surface area contributed by atoms with Crippen molar-refractivity contribution in [2.24, 2.45) is 0 Å². The molecule has 1 aliphatic carbocycles. The maximum absolute atomic E-state index is 12.9. The second-order valence-corrected chi connectivity index (χ2v) is 7.47. The topological polar surface area (TPSA) is 113 Å². The summed E-state index contributed by atoms with van der Waals surface area (Å²) in [5.74, 6) is -2.20. The van der Waals surface area contributed by atoms with Crippen LogP contribution in [0.3, 0.4) is 0 Å². The molecule has 4 rings (SSSR count). The van der Waals surface area contributed by atoms with Crippen molar-refractivity contribution in [3.05, 3.63) is 101 Å². The molecule has 3 aromatic carbocycles. The van der Waals surface area contributed by atoms with E-state index in [2.05, 4.69) is 10.6 Å². The second kappa shape index (κ2) is 8.95. The first-order chi connectivity index (χ1) is 15.4. The molecule has 3 aromatic rings. The molecule has 0 saturated heterocycles. The van der Waals surface area contributed by atoms with Gasteiger partial charge in [0, 0.05) is 34.5 Å². The predicted octanol–water partition coefficient (Wildman–Crippen LogP) is 3.03. The number of carbonyl (C=O) groups is 4. The van der Waals surface area contributed by atoms with Gasteiger partial charge in [0.2, 0.25) is 5.91 Å². The Bertz CT molecular complexity index is 1220. The van der Waals surface area contributed by atoms with E-state index < -0.39 is 24.3 Å². The van der Waals surface area contributed by atoms with Gasteiger partial charge in [0.1, 0.15) is 0 Å². The van der Waals surface area contributed by atoms with Gasteiger partial charge < -0.3 is 15.7 Å². The van der Waals surface area contributed by atoms with Crippen molar-refractivity contribution >= 4 is 29.1 Å². The smallest absolute Gasteiger partial charge is 0.305 e. The van der Waals surface area contributed by atoms with E-state index in [-0.39, 0.29) is 22.7 Å². The Morgan fingerprint density at radius 2 is 1.38 bits per heavy atom. The van der Waals surface area contributed by atoms with E-state index >= 15 is 0 Å². The molecule has 0 radical (unpaired) electrons. The number of ketones is 2. The molecule has 0 saturated carbocycles. The average Bonchev–Trinajstić information content (AvgIpc) is 2.80. The lowest BCUT2D eigenvalue weighted by Gasteiger charge is -2.20. The first kappa shape index (κ1) is 21.1. The number of aliphatic carboxylic acids is 1. The molecule has 0 heterocycles. The fourth-order valence-electron chi connectivity index (χ4n) is 3.68. The van der Waals surface area contributed by atoms with Gasteiger partial charge in [0.15, 0.2) is 11.6 Å². The van der Waals surface area contributed by atoms with E-state index in [1.807, 2.05) is 30.3 Å². The maximum Gasteiger partial charge on any atom is 0.305 e. The van der Waals surface area contributed by atoms with Gasteiger partial charge in [-0.1, -0.05) is 54.6 Å². The highest BCUT2D eigenvalue weighted by molar-refractivity contribution is 6.28. The molecule has 7 nitrogen and oxygen atoms in total. The number of nitrogens with one attached hydrogen (secondary N) is 2. The van der Waals surface area contributed by atoms with E-state index in [9.17, 15) is 24.3 Å². The van der Waals surface area contributed by atoms with Gasteiger partial charge >= 0.3 is 5.97 Å². The zero-order valence-electron chi connectivity index (χ0n) is 17.0. The van der Waals surface area contributed by atoms with Crippen molar-refractivity contribution < 1.29 is 24.3 Å². The van der Waals surface area contributed by atoms with Crippen LogP contribution in [0, 0.1) is 0 Å². The molecule has 0 aromatic heterocycles. The van der Waals surface area contributed by atoms with E-state index in [1.165, 1.54) is 18.2 Å². The van der Waals surface area contributed by atoms with Gasteiger partial charge in [-0.2, -0.15) is 0 Å². The van der Waals surface area contributed by atoms with Crippen molar-refractivity contribution in [2.75, 3.05) is 5.32 Å². The Labute approximate surface area is 184 Å². The lowest BCUT2D eigenvalue weighted by atomic mass is 9.84. The summed E-state index contributed by atoms with van der Waals surface area (Å²) >= 11 is 0. The van der Waals surface area contributed by atoms with Crippen LogP contribution in [0.25, 0.3) is 0 Å². The number of fused-ring (bicyclic) bond motifs is 2. The molecule has 0 fully saturated rings. The van der Waals surface area contributed by atoms with Gasteiger partial charge in [0.25, 0.3) is 0 Å². The van der Waals surface area contributed by atoms with Crippen LogP contribution in [0.15, 0.2) is 72.8 Å². The lowest BCUT2D eigenvalue weighted by Crippen LogP contribution is -2.41. The number of carboxylic acid groups (broad SMARTS) is 1. The van der Waals surface area contributed by atoms with Crippen LogP contribution in [-0.4, -0.2) is 34.6 Å². The molecule has 32 heavy (non-hydrogen) atoms. The fourth-order valence-corrected chi connectivity index (χ4v) is 3.68. The molecule has 0 bridgehead atoms. The number of carbonyl (C=O) groups excluding carboxylic acids is 3. The number of carboxylic acids is 1. The van der Waals surface area contributed by atoms with E-state index in [4.69, 9.17) is 0 Å². The van der Waals surface area contributed by atoms with Gasteiger partial charge in [-0.15, -0.1) is 0 Å². The van der Waals surface area contributed by atoms with Gasteiger partial charge in [-0.25, -0.2) is 0 Å². The van der Waals surface area contributed by atoms with Crippen LogP contribution in [-0.2, 0) is 16.1 Å². The summed E-state index contributed by atoms with van der Waals surface area (Å²) in [6.45, 7) is 0.320. The molecule has 0 spiro atoms. The standard InChI is InChI=1S/C25H20N2O5/c28-22(29)13-21(26-14-15-6-2-1-3-7-15)25(32)27-16-10-11-19-20(12-16)24(31)18-9-5-4-8-17(18)23(19)30/h1-12,21,26H,13-14H2,(H,27,32)(H,28,29). The highest BCUT2D eigenvalue weighted by Gasteiger charge is 2.30. The normalized spacial score (nSPS) is 13.1. The summed E-state index contributed by atoms with van der Waals surface area (Å²) < 4.78 is 0. The monoisotopic (exact) mass is 428 g/mol. The lowest BCUT2D eigenvalue weighted by molar-refractivity contribution is -0.139. The third-order valence-corrected chi connectivity index (χ3v) is 5.28. The van der Waals surface area contributed by atoms with Crippen LogP contribution >= 0.6 is 0 Å². The first-order valence-electron chi connectivity index (χ1n) is 10.1. The van der Waals surface area contributed by atoms with E-state index in [0.29, 0.717) is 23.4 Å². The molecule has 0 aliphatic heterocycles. The zero-order chi connectivity index (χ0) is 22.7. The molecule has 1 atom stereocenters. The Balaban J connectivity index is 1.53.